The molecule has 0 fully saturated rings. The molecule has 0 radical (unpaired) electrons. The quantitative estimate of drug-likeness (QED) is 0.718. The monoisotopic (exact) mass is 400 g/mol. The molecule has 0 aliphatic carbocycles. The molecule has 0 saturated carbocycles. The lowest BCUT2D eigenvalue weighted by Crippen LogP contribution is -2.37. The Hall–Kier alpha value is -2.28. The van der Waals surface area contributed by atoms with Gasteiger partial charge < -0.3 is 10.2 Å². The van der Waals surface area contributed by atoms with Gasteiger partial charge in [-0.1, -0.05) is 23.7 Å². The molecule has 3 nitrogen and oxygen atoms in total. The van der Waals surface area contributed by atoms with E-state index in [1.54, 1.807) is 11.8 Å². The van der Waals surface area contributed by atoms with E-state index in [1.165, 1.54) is 18.2 Å². The van der Waals surface area contributed by atoms with Crippen molar-refractivity contribution in [2.75, 3.05) is 23.3 Å². The number of rotatable bonds is 3. The zero-order valence-electron chi connectivity index (χ0n) is 14.5. The highest BCUT2D eigenvalue weighted by molar-refractivity contribution is 6.34. The number of nitrogens with one attached hydrogen (secondary N) is 1. The average molecular weight is 401 g/mol. The van der Waals surface area contributed by atoms with Gasteiger partial charge in [0.2, 0.25) is 5.91 Å². The first kappa shape index (κ1) is 19.5. The van der Waals surface area contributed by atoms with Gasteiger partial charge in [0.05, 0.1) is 28.5 Å². The summed E-state index contributed by atoms with van der Waals surface area (Å²) in [5, 5.41) is 2.03. The van der Waals surface area contributed by atoms with E-state index in [1.807, 2.05) is 6.07 Å². The van der Waals surface area contributed by atoms with Gasteiger partial charge in [0.1, 0.15) is 5.82 Å². The number of amides is 1. The molecule has 0 saturated heterocycles. The summed E-state index contributed by atoms with van der Waals surface area (Å²) in [4.78, 5) is 13.9. The van der Waals surface area contributed by atoms with Crippen LogP contribution in [0.4, 0.5) is 28.9 Å². The van der Waals surface area contributed by atoms with E-state index in [2.05, 4.69) is 5.32 Å². The highest BCUT2D eigenvalue weighted by Crippen LogP contribution is 2.38. The fourth-order valence-corrected chi connectivity index (χ4v) is 3.54. The zero-order valence-corrected chi connectivity index (χ0v) is 15.2. The molecular formula is C19H17ClF4N2O. The number of fused-ring (bicyclic) bond motifs is 1. The first-order valence-electron chi connectivity index (χ1n) is 8.36. The van der Waals surface area contributed by atoms with Gasteiger partial charge in [-0.15, -0.1) is 0 Å². The zero-order chi connectivity index (χ0) is 19.8. The number of benzene rings is 2. The summed E-state index contributed by atoms with van der Waals surface area (Å²) in [5.41, 5.74) is 0.392. The number of carbonyl (C=O) groups is 1. The third-order valence-corrected chi connectivity index (χ3v) is 4.71. The summed E-state index contributed by atoms with van der Waals surface area (Å²) in [6, 6.07) is 6.52. The Morgan fingerprint density at radius 2 is 2.04 bits per heavy atom. The van der Waals surface area contributed by atoms with Crippen LogP contribution in [0.3, 0.4) is 0 Å². The summed E-state index contributed by atoms with van der Waals surface area (Å²) in [5.74, 6) is -1.13. The van der Waals surface area contributed by atoms with Crippen LogP contribution in [0.5, 0.6) is 0 Å². The van der Waals surface area contributed by atoms with Crippen molar-refractivity contribution in [3.63, 3.8) is 0 Å². The van der Waals surface area contributed by atoms with Crippen LogP contribution in [-0.4, -0.2) is 19.0 Å². The van der Waals surface area contributed by atoms with Crippen LogP contribution in [0.1, 0.15) is 23.1 Å². The van der Waals surface area contributed by atoms with Gasteiger partial charge >= 0.3 is 6.18 Å². The molecule has 1 heterocycles. The molecule has 0 unspecified atom stereocenters. The first-order valence-corrected chi connectivity index (χ1v) is 8.74. The molecule has 0 aromatic heterocycles. The lowest BCUT2D eigenvalue weighted by molar-refractivity contribution is -0.137. The van der Waals surface area contributed by atoms with E-state index in [0.717, 1.165) is 23.6 Å². The van der Waals surface area contributed by atoms with Crippen LogP contribution >= 0.6 is 11.6 Å². The number of aryl methyl sites for hydroxylation is 2. The van der Waals surface area contributed by atoms with Crippen LogP contribution in [0, 0.1) is 12.7 Å². The molecule has 1 aliphatic rings. The number of hydrogen-bond donors (Lipinski definition) is 1. The van der Waals surface area contributed by atoms with Crippen LogP contribution < -0.4 is 10.2 Å². The van der Waals surface area contributed by atoms with Crippen LogP contribution in [-0.2, 0) is 17.4 Å². The molecule has 8 heteroatoms. The highest BCUT2D eigenvalue weighted by atomic mass is 35.5. The van der Waals surface area contributed by atoms with Crippen molar-refractivity contribution in [3.8, 4) is 0 Å². The minimum absolute atomic E-state index is 0.209. The molecule has 1 amide bonds. The minimum atomic E-state index is -4.66. The van der Waals surface area contributed by atoms with Gasteiger partial charge in [0, 0.05) is 6.54 Å². The van der Waals surface area contributed by atoms with Gasteiger partial charge in [-0.05, 0) is 49.1 Å². The second-order valence-electron chi connectivity index (χ2n) is 6.49. The van der Waals surface area contributed by atoms with Gasteiger partial charge in [-0.2, -0.15) is 13.2 Å². The standard InChI is InChI=1S/C19H17ClF4N2O/c1-11-8-12-4-3-7-26(18(12)15(21)9-11)10-16(27)25-17-13(19(22,23)24)5-2-6-14(17)20/h2,5-6,8-9H,3-4,7,10H2,1H3,(H,25,27). The number of para-hydroxylation sites is 1. The van der Waals surface area contributed by atoms with Gasteiger partial charge in [0.25, 0.3) is 0 Å². The summed E-state index contributed by atoms with van der Waals surface area (Å²) < 4.78 is 53.9. The number of halogens is 5. The SMILES string of the molecule is Cc1cc(F)c2c(c1)CCCN2CC(=O)Nc1c(Cl)cccc1C(F)(F)F. The van der Waals surface area contributed by atoms with Crippen molar-refractivity contribution >= 4 is 28.9 Å². The van der Waals surface area contributed by atoms with E-state index in [-0.39, 0.29) is 11.6 Å². The third-order valence-electron chi connectivity index (χ3n) is 4.39. The molecule has 2 aromatic rings. The van der Waals surface area contributed by atoms with Gasteiger partial charge in [0.15, 0.2) is 0 Å². The Kier molecular flexibility index (Phi) is 5.33. The van der Waals surface area contributed by atoms with E-state index in [0.29, 0.717) is 18.7 Å². The van der Waals surface area contributed by atoms with E-state index < -0.39 is 29.2 Å². The number of nitrogens with zero attached hydrogens (tertiary/aromatic N) is 1. The van der Waals surface area contributed by atoms with E-state index in [9.17, 15) is 22.4 Å². The number of anilines is 2. The molecular weight excluding hydrogens is 384 g/mol. The van der Waals surface area contributed by atoms with Crippen LogP contribution in [0.25, 0.3) is 0 Å². The normalized spacial score (nSPS) is 14.1. The maximum atomic E-state index is 14.4. The van der Waals surface area contributed by atoms with Crippen molar-refractivity contribution in [2.24, 2.45) is 0 Å². The first-order chi connectivity index (χ1) is 12.7. The lowest BCUT2D eigenvalue weighted by atomic mass is 9.99. The minimum Gasteiger partial charge on any atom is -0.360 e. The molecule has 0 bridgehead atoms. The smallest absolute Gasteiger partial charge is 0.360 e. The van der Waals surface area contributed by atoms with Gasteiger partial charge in [-0.3, -0.25) is 4.79 Å². The summed E-state index contributed by atoms with van der Waals surface area (Å²) in [6.07, 6.45) is -3.24. The predicted molar refractivity (Wildman–Crippen MR) is 96.8 cm³/mol. The van der Waals surface area contributed by atoms with Crippen molar-refractivity contribution in [1.82, 2.24) is 0 Å². The van der Waals surface area contributed by atoms with Crippen molar-refractivity contribution in [3.05, 3.63) is 57.9 Å². The van der Waals surface area contributed by atoms with Crippen molar-refractivity contribution in [1.29, 1.82) is 0 Å². The Bertz CT molecular complexity index is 883. The van der Waals surface area contributed by atoms with Gasteiger partial charge in [-0.25, -0.2) is 4.39 Å². The van der Waals surface area contributed by atoms with Crippen LogP contribution in [0.15, 0.2) is 30.3 Å². The third kappa shape index (κ3) is 4.18. The van der Waals surface area contributed by atoms with Crippen molar-refractivity contribution < 1.29 is 22.4 Å². The Balaban J connectivity index is 1.83. The number of hydrogen-bond acceptors (Lipinski definition) is 2. The second-order valence-corrected chi connectivity index (χ2v) is 6.90. The van der Waals surface area contributed by atoms with Crippen LogP contribution in [0.2, 0.25) is 5.02 Å². The molecule has 1 aliphatic heterocycles. The molecule has 3 rings (SSSR count). The fraction of sp³-hybridized carbons (Fsp3) is 0.316. The molecule has 2 aromatic carbocycles. The molecule has 27 heavy (non-hydrogen) atoms. The second kappa shape index (κ2) is 7.38. The summed E-state index contributed by atoms with van der Waals surface area (Å²) in [6.45, 7) is 1.95. The average Bonchev–Trinajstić information content (AvgIpc) is 2.55. The Labute approximate surface area is 158 Å². The van der Waals surface area contributed by atoms with Crippen molar-refractivity contribution in [2.45, 2.75) is 25.9 Å². The Morgan fingerprint density at radius 3 is 2.74 bits per heavy atom. The predicted octanol–water partition coefficient (Wildman–Crippen LogP) is 5.20. The Morgan fingerprint density at radius 1 is 1.30 bits per heavy atom. The summed E-state index contributed by atoms with van der Waals surface area (Å²) in [7, 11) is 0. The molecule has 0 atom stereocenters. The number of alkyl halides is 3. The fourth-order valence-electron chi connectivity index (χ4n) is 3.32. The highest BCUT2D eigenvalue weighted by Gasteiger charge is 2.35. The maximum Gasteiger partial charge on any atom is 0.418 e. The lowest BCUT2D eigenvalue weighted by Gasteiger charge is -2.31. The number of carbonyl (C=O) groups excluding carboxylic acids is 1. The largest absolute Gasteiger partial charge is 0.418 e. The molecule has 0 spiro atoms. The van der Waals surface area contributed by atoms with E-state index >= 15 is 0 Å². The maximum absolute atomic E-state index is 14.4. The topological polar surface area (TPSA) is 32.3 Å². The molecule has 1 N–H and O–H groups in total. The summed E-state index contributed by atoms with van der Waals surface area (Å²) >= 11 is 5.86. The van der Waals surface area contributed by atoms with E-state index in [4.69, 9.17) is 11.6 Å². The molecule has 144 valence electrons.